The topological polar surface area (TPSA) is 42.7 Å². The first-order chi connectivity index (χ1) is 9.24. The molecule has 1 heterocycles. The summed E-state index contributed by atoms with van der Waals surface area (Å²) in [5.74, 6) is 0.984. The summed E-state index contributed by atoms with van der Waals surface area (Å²) in [5.41, 5.74) is 1.30. The Labute approximate surface area is 122 Å². The van der Waals surface area contributed by atoms with E-state index in [1.807, 2.05) is 0 Å². The van der Waals surface area contributed by atoms with Crippen LogP contribution in [0.3, 0.4) is 0 Å². The Balaban J connectivity index is 2.01. The van der Waals surface area contributed by atoms with Gasteiger partial charge in [-0.05, 0) is 31.0 Å². The van der Waals surface area contributed by atoms with Crippen molar-refractivity contribution in [1.82, 2.24) is 20.1 Å². The number of halogens is 1. The molecule has 4 nitrogen and oxygen atoms in total. The normalized spacial score (nSPS) is 12.6. The molecule has 0 fully saturated rings. The molecule has 102 valence electrons. The smallest absolute Gasteiger partial charge is 0.146 e. The molecule has 0 aliphatic rings. The van der Waals surface area contributed by atoms with Crippen LogP contribution in [0.15, 0.2) is 35.1 Å². The fraction of sp³-hybridized carbons (Fsp3) is 0.429. The number of nitrogens with one attached hydrogen (secondary N) is 1. The number of nitrogens with zero attached hydrogens (tertiary/aromatic N) is 3. The van der Waals surface area contributed by atoms with Crippen LogP contribution >= 0.6 is 15.9 Å². The van der Waals surface area contributed by atoms with Gasteiger partial charge in [0.15, 0.2) is 0 Å². The highest BCUT2D eigenvalue weighted by atomic mass is 79.9. The van der Waals surface area contributed by atoms with E-state index in [1.165, 1.54) is 5.56 Å². The molecular formula is C14H19BrN4. The number of aromatic nitrogens is 3. The van der Waals surface area contributed by atoms with Crippen LogP contribution in [0.5, 0.6) is 0 Å². The number of hydrogen-bond donors (Lipinski definition) is 1. The first-order valence-electron chi connectivity index (χ1n) is 6.60. The maximum atomic E-state index is 4.14. The Morgan fingerprint density at radius 1 is 1.26 bits per heavy atom. The standard InChI is InChI=1S/C14H19BrN4/c1-3-13(11-5-7-12(15)8-6-11)16-9-14-18-17-10-19(14)4-2/h5-8,10,13,16H,3-4,9H2,1-2H3. The maximum absolute atomic E-state index is 4.14. The van der Waals surface area contributed by atoms with Crippen molar-refractivity contribution in [2.24, 2.45) is 0 Å². The molecule has 1 aromatic carbocycles. The lowest BCUT2D eigenvalue weighted by atomic mass is 10.0. The zero-order valence-electron chi connectivity index (χ0n) is 11.3. The van der Waals surface area contributed by atoms with Crippen LogP contribution in [0.2, 0.25) is 0 Å². The first kappa shape index (κ1) is 14.2. The molecule has 0 aliphatic carbocycles. The second-order valence-electron chi connectivity index (χ2n) is 4.43. The third-order valence-corrected chi connectivity index (χ3v) is 3.75. The van der Waals surface area contributed by atoms with Gasteiger partial charge in [0.05, 0.1) is 6.54 Å². The highest BCUT2D eigenvalue weighted by Crippen LogP contribution is 2.19. The summed E-state index contributed by atoms with van der Waals surface area (Å²) in [6.45, 7) is 5.92. The summed E-state index contributed by atoms with van der Waals surface area (Å²) in [6, 6.07) is 8.80. The molecule has 1 N–H and O–H groups in total. The van der Waals surface area contributed by atoms with Gasteiger partial charge in [-0.15, -0.1) is 10.2 Å². The van der Waals surface area contributed by atoms with Crippen molar-refractivity contribution in [3.05, 3.63) is 46.5 Å². The van der Waals surface area contributed by atoms with Crippen molar-refractivity contribution in [1.29, 1.82) is 0 Å². The lowest BCUT2D eigenvalue weighted by Crippen LogP contribution is -2.22. The lowest BCUT2D eigenvalue weighted by Gasteiger charge is -2.17. The van der Waals surface area contributed by atoms with E-state index >= 15 is 0 Å². The van der Waals surface area contributed by atoms with Crippen LogP contribution in [0.1, 0.15) is 37.7 Å². The highest BCUT2D eigenvalue weighted by Gasteiger charge is 2.10. The average Bonchev–Trinajstić information content (AvgIpc) is 2.89. The van der Waals surface area contributed by atoms with Gasteiger partial charge in [-0.1, -0.05) is 35.0 Å². The molecule has 0 saturated carbocycles. The second kappa shape index (κ2) is 6.82. The minimum atomic E-state index is 0.343. The summed E-state index contributed by atoms with van der Waals surface area (Å²) in [6.07, 6.45) is 2.82. The summed E-state index contributed by atoms with van der Waals surface area (Å²) in [4.78, 5) is 0. The molecule has 0 amide bonds. The van der Waals surface area contributed by atoms with Crippen LogP contribution in [0, 0.1) is 0 Å². The monoisotopic (exact) mass is 322 g/mol. The van der Waals surface area contributed by atoms with Gasteiger partial charge in [-0.3, -0.25) is 0 Å². The van der Waals surface area contributed by atoms with E-state index in [9.17, 15) is 0 Å². The zero-order valence-corrected chi connectivity index (χ0v) is 12.9. The van der Waals surface area contributed by atoms with Crippen molar-refractivity contribution in [2.45, 2.75) is 39.4 Å². The van der Waals surface area contributed by atoms with Crippen LogP contribution in [-0.2, 0) is 13.1 Å². The minimum absolute atomic E-state index is 0.343. The largest absolute Gasteiger partial charge is 0.317 e. The summed E-state index contributed by atoms with van der Waals surface area (Å²) in [7, 11) is 0. The predicted octanol–water partition coefficient (Wildman–Crippen LogP) is 3.30. The van der Waals surface area contributed by atoms with Gasteiger partial charge in [-0.25, -0.2) is 0 Å². The van der Waals surface area contributed by atoms with Crippen molar-refractivity contribution in [3.63, 3.8) is 0 Å². The summed E-state index contributed by atoms with van der Waals surface area (Å²) >= 11 is 3.46. The van der Waals surface area contributed by atoms with Crippen molar-refractivity contribution in [3.8, 4) is 0 Å². The van der Waals surface area contributed by atoms with E-state index in [2.05, 4.69) is 74.1 Å². The SMILES string of the molecule is CCC(NCc1nncn1CC)c1ccc(Br)cc1. The molecule has 0 radical (unpaired) electrons. The molecule has 0 spiro atoms. The van der Waals surface area contributed by atoms with Crippen LogP contribution in [-0.4, -0.2) is 14.8 Å². The molecule has 0 saturated heterocycles. The van der Waals surface area contributed by atoms with Gasteiger partial charge < -0.3 is 9.88 Å². The fourth-order valence-electron chi connectivity index (χ4n) is 2.09. The first-order valence-corrected chi connectivity index (χ1v) is 7.39. The Bertz CT molecular complexity index is 506. The molecule has 5 heteroatoms. The molecule has 2 rings (SSSR count). The third kappa shape index (κ3) is 3.64. The van der Waals surface area contributed by atoms with Crippen LogP contribution in [0.4, 0.5) is 0 Å². The average molecular weight is 323 g/mol. The van der Waals surface area contributed by atoms with E-state index in [0.717, 1.165) is 29.8 Å². The predicted molar refractivity (Wildman–Crippen MR) is 79.7 cm³/mol. The number of hydrogen-bond acceptors (Lipinski definition) is 3. The minimum Gasteiger partial charge on any atom is -0.317 e. The summed E-state index contributed by atoms with van der Waals surface area (Å²) in [5, 5.41) is 11.6. The van der Waals surface area contributed by atoms with Gasteiger partial charge in [0.2, 0.25) is 0 Å². The Kier molecular flexibility index (Phi) is 5.10. The fourth-order valence-corrected chi connectivity index (χ4v) is 2.35. The van der Waals surface area contributed by atoms with Gasteiger partial charge in [0.25, 0.3) is 0 Å². The molecule has 0 bridgehead atoms. The zero-order chi connectivity index (χ0) is 13.7. The number of rotatable bonds is 6. The van der Waals surface area contributed by atoms with Crippen molar-refractivity contribution < 1.29 is 0 Å². The quantitative estimate of drug-likeness (QED) is 0.887. The van der Waals surface area contributed by atoms with Gasteiger partial charge >= 0.3 is 0 Å². The van der Waals surface area contributed by atoms with Crippen molar-refractivity contribution >= 4 is 15.9 Å². The molecule has 1 atom stereocenters. The highest BCUT2D eigenvalue weighted by molar-refractivity contribution is 9.10. The van der Waals surface area contributed by atoms with E-state index in [-0.39, 0.29) is 0 Å². The molecule has 1 aromatic heterocycles. The molecule has 19 heavy (non-hydrogen) atoms. The Morgan fingerprint density at radius 2 is 2.00 bits per heavy atom. The lowest BCUT2D eigenvalue weighted by molar-refractivity contribution is 0.496. The molecule has 2 aromatic rings. The van der Waals surface area contributed by atoms with Crippen molar-refractivity contribution in [2.75, 3.05) is 0 Å². The van der Waals surface area contributed by atoms with Crippen LogP contribution < -0.4 is 5.32 Å². The van der Waals surface area contributed by atoms with E-state index in [4.69, 9.17) is 0 Å². The van der Waals surface area contributed by atoms with E-state index < -0.39 is 0 Å². The third-order valence-electron chi connectivity index (χ3n) is 3.22. The van der Waals surface area contributed by atoms with E-state index in [1.54, 1.807) is 6.33 Å². The van der Waals surface area contributed by atoms with Gasteiger partial charge in [-0.2, -0.15) is 0 Å². The van der Waals surface area contributed by atoms with E-state index in [0.29, 0.717) is 6.04 Å². The number of benzene rings is 1. The maximum Gasteiger partial charge on any atom is 0.146 e. The molecular weight excluding hydrogens is 304 g/mol. The molecule has 1 unspecified atom stereocenters. The molecule has 0 aliphatic heterocycles. The summed E-state index contributed by atoms with van der Waals surface area (Å²) < 4.78 is 3.17. The Hall–Kier alpha value is -1.20. The second-order valence-corrected chi connectivity index (χ2v) is 5.34. The number of aryl methyl sites for hydroxylation is 1. The van der Waals surface area contributed by atoms with Gasteiger partial charge in [0.1, 0.15) is 12.2 Å². The van der Waals surface area contributed by atoms with Crippen LogP contribution in [0.25, 0.3) is 0 Å². The Morgan fingerprint density at radius 3 is 2.63 bits per heavy atom. The van der Waals surface area contributed by atoms with Gasteiger partial charge in [0, 0.05) is 17.1 Å².